The summed E-state index contributed by atoms with van der Waals surface area (Å²) < 4.78 is 7.63. The van der Waals surface area contributed by atoms with Crippen LogP contribution in [0.15, 0.2) is 24.3 Å². The molecule has 0 amide bonds. The van der Waals surface area contributed by atoms with Crippen LogP contribution in [0, 0.1) is 0 Å². The Labute approximate surface area is 114 Å². The number of rotatable bonds is 3. The Kier molecular flexibility index (Phi) is 3.02. The van der Waals surface area contributed by atoms with E-state index in [0.29, 0.717) is 0 Å². The SMILES string of the molecule is COc1ccc2c(c1)cc(C1(CN)CCCC1)n2C. The molecular weight excluding hydrogens is 236 g/mol. The number of methoxy groups -OCH3 is 1. The molecule has 0 unspecified atom stereocenters. The molecule has 1 aliphatic carbocycles. The summed E-state index contributed by atoms with van der Waals surface area (Å²) in [6, 6.07) is 8.57. The van der Waals surface area contributed by atoms with Gasteiger partial charge in [-0.15, -0.1) is 0 Å². The zero-order valence-corrected chi connectivity index (χ0v) is 11.8. The second kappa shape index (κ2) is 4.57. The van der Waals surface area contributed by atoms with E-state index in [2.05, 4.69) is 29.8 Å². The van der Waals surface area contributed by atoms with Crippen molar-refractivity contribution >= 4 is 10.9 Å². The second-order valence-corrected chi connectivity index (χ2v) is 5.70. The van der Waals surface area contributed by atoms with Gasteiger partial charge in [-0.2, -0.15) is 0 Å². The lowest BCUT2D eigenvalue weighted by Gasteiger charge is -2.28. The van der Waals surface area contributed by atoms with Crippen molar-refractivity contribution in [3.8, 4) is 5.75 Å². The first-order valence-corrected chi connectivity index (χ1v) is 7.04. The molecule has 1 aromatic carbocycles. The molecular formula is C16H22N2O. The molecule has 0 radical (unpaired) electrons. The summed E-state index contributed by atoms with van der Waals surface area (Å²) in [7, 11) is 3.86. The van der Waals surface area contributed by atoms with Crippen LogP contribution in [-0.2, 0) is 12.5 Å². The van der Waals surface area contributed by atoms with E-state index >= 15 is 0 Å². The van der Waals surface area contributed by atoms with E-state index in [0.717, 1.165) is 12.3 Å². The molecule has 3 heteroatoms. The minimum absolute atomic E-state index is 0.182. The van der Waals surface area contributed by atoms with Crippen LogP contribution < -0.4 is 10.5 Å². The molecule has 102 valence electrons. The third kappa shape index (κ3) is 1.84. The van der Waals surface area contributed by atoms with Gasteiger partial charge in [0.05, 0.1) is 7.11 Å². The predicted octanol–water partition coefficient (Wildman–Crippen LogP) is 2.96. The van der Waals surface area contributed by atoms with Gasteiger partial charge in [0.1, 0.15) is 5.75 Å². The van der Waals surface area contributed by atoms with Gasteiger partial charge in [0.15, 0.2) is 0 Å². The van der Waals surface area contributed by atoms with Crippen molar-refractivity contribution in [2.75, 3.05) is 13.7 Å². The number of nitrogens with zero attached hydrogens (tertiary/aromatic N) is 1. The number of nitrogens with two attached hydrogens (primary N) is 1. The topological polar surface area (TPSA) is 40.2 Å². The molecule has 0 aliphatic heterocycles. The molecule has 1 aliphatic rings. The monoisotopic (exact) mass is 258 g/mol. The van der Waals surface area contributed by atoms with E-state index < -0.39 is 0 Å². The summed E-state index contributed by atoms with van der Waals surface area (Å²) in [4.78, 5) is 0. The smallest absolute Gasteiger partial charge is 0.119 e. The molecule has 0 saturated heterocycles. The first-order chi connectivity index (χ1) is 9.20. The molecule has 2 aromatic rings. The van der Waals surface area contributed by atoms with Gasteiger partial charge >= 0.3 is 0 Å². The van der Waals surface area contributed by atoms with Gasteiger partial charge in [-0.05, 0) is 37.1 Å². The molecule has 3 rings (SSSR count). The van der Waals surface area contributed by atoms with Crippen molar-refractivity contribution in [2.45, 2.75) is 31.1 Å². The fourth-order valence-electron chi connectivity index (χ4n) is 3.58. The van der Waals surface area contributed by atoms with Crippen molar-refractivity contribution in [3.63, 3.8) is 0 Å². The van der Waals surface area contributed by atoms with Crippen LogP contribution in [0.2, 0.25) is 0 Å². The van der Waals surface area contributed by atoms with Gasteiger partial charge in [-0.25, -0.2) is 0 Å². The fraction of sp³-hybridized carbons (Fsp3) is 0.500. The third-order valence-corrected chi connectivity index (χ3v) is 4.74. The zero-order valence-electron chi connectivity index (χ0n) is 11.8. The van der Waals surface area contributed by atoms with E-state index in [9.17, 15) is 0 Å². The summed E-state index contributed by atoms with van der Waals surface area (Å²) in [5.41, 5.74) is 8.94. The molecule has 0 atom stereocenters. The van der Waals surface area contributed by atoms with Crippen molar-refractivity contribution in [1.29, 1.82) is 0 Å². The molecule has 0 spiro atoms. The van der Waals surface area contributed by atoms with Crippen molar-refractivity contribution in [3.05, 3.63) is 30.0 Å². The molecule has 1 fully saturated rings. The lowest BCUT2D eigenvalue weighted by molar-refractivity contribution is 0.415. The third-order valence-electron chi connectivity index (χ3n) is 4.74. The summed E-state index contributed by atoms with van der Waals surface area (Å²) >= 11 is 0. The van der Waals surface area contributed by atoms with Crippen molar-refractivity contribution in [1.82, 2.24) is 4.57 Å². The molecule has 1 aromatic heterocycles. The molecule has 3 nitrogen and oxygen atoms in total. The van der Waals surface area contributed by atoms with E-state index in [1.807, 2.05) is 6.07 Å². The van der Waals surface area contributed by atoms with Gasteiger partial charge in [0.2, 0.25) is 0 Å². The number of hydrogen-bond acceptors (Lipinski definition) is 2. The number of ether oxygens (including phenoxy) is 1. The average molecular weight is 258 g/mol. The van der Waals surface area contributed by atoms with E-state index in [4.69, 9.17) is 10.5 Å². The van der Waals surface area contributed by atoms with Gasteiger partial charge in [-0.1, -0.05) is 12.8 Å². The number of hydrogen-bond donors (Lipinski definition) is 1. The van der Waals surface area contributed by atoms with E-state index in [1.54, 1.807) is 7.11 Å². The van der Waals surface area contributed by atoms with Crippen molar-refractivity contribution in [2.24, 2.45) is 12.8 Å². The van der Waals surface area contributed by atoms with Crippen LogP contribution in [0.5, 0.6) is 5.75 Å². The minimum Gasteiger partial charge on any atom is -0.497 e. The Bertz CT molecular complexity index is 594. The summed E-state index contributed by atoms with van der Waals surface area (Å²) in [6.45, 7) is 0.744. The largest absolute Gasteiger partial charge is 0.497 e. The lowest BCUT2D eigenvalue weighted by Crippen LogP contribution is -2.33. The Hall–Kier alpha value is -1.48. The number of fused-ring (bicyclic) bond motifs is 1. The Balaban J connectivity index is 2.16. The quantitative estimate of drug-likeness (QED) is 0.919. The zero-order chi connectivity index (χ0) is 13.5. The summed E-state index contributed by atoms with van der Waals surface area (Å²) in [5.74, 6) is 0.915. The second-order valence-electron chi connectivity index (χ2n) is 5.70. The maximum Gasteiger partial charge on any atom is 0.119 e. The summed E-state index contributed by atoms with van der Waals surface area (Å²) in [6.07, 6.45) is 5.01. The van der Waals surface area contributed by atoms with Crippen LogP contribution in [0.3, 0.4) is 0 Å². The highest BCUT2D eigenvalue weighted by Crippen LogP contribution is 2.42. The Morgan fingerprint density at radius 3 is 2.63 bits per heavy atom. The minimum atomic E-state index is 0.182. The summed E-state index contributed by atoms with van der Waals surface area (Å²) in [5, 5.41) is 1.25. The van der Waals surface area contributed by atoms with E-state index in [-0.39, 0.29) is 5.41 Å². The normalized spacial score (nSPS) is 18.1. The van der Waals surface area contributed by atoms with Gasteiger partial charge in [0, 0.05) is 35.6 Å². The van der Waals surface area contributed by atoms with E-state index in [1.165, 1.54) is 42.3 Å². The first-order valence-electron chi connectivity index (χ1n) is 7.04. The number of aromatic nitrogens is 1. The van der Waals surface area contributed by atoms with Gasteiger partial charge in [-0.3, -0.25) is 0 Å². The molecule has 2 N–H and O–H groups in total. The van der Waals surface area contributed by atoms with Crippen LogP contribution in [0.1, 0.15) is 31.4 Å². The number of benzene rings is 1. The van der Waals surface area contributed by atoms with Crippen LogP contribution in [0.4, 0.5) is 0 Å². The standard InChI is InChI=1S/C16H22N2O/c1-18-14-6-5-13(19-2)9-12(14)10-15(18)16(11-17)7-3-4-8-16/h5-6,9-10H,3-4,7-8,11,17H2,1-2H3. The Morgan fingerprint density at radius 2 is 2.00 bits per heavy atom. The lowest BCUT2D eigenvalue weighted by atomic mass is 9.82. The molecule has 1 saturated carbocycles. The fourth-order valence-corrected chi connectivity index (χ4v) is 3.58. The molecule has 19 heavy (non-hydrogen) atoms. The van der Waals surface area contributed by atoms with Crippen LogP contribution >= 0.6 is 0 Å². The maximum absolute atomic E-state index is 6.11. The van der Waals surface area contributed by atoms with Gasteiger partial charge in [0.25, 0.3) is 0 Å². The van der Waals surface area contributed by atoms with Gasteiger partial charge < -0.3 is 15.0 Å². The predicted molar refractivity (Wildman–Crippen MR) is 78.7 cm³/mol. The highest BCUT2D eigenvalue weighted by atomic mass is 16.5. The Morgan fingerprint density at radius 1 is 1.26 bits per heavy atom. The van der Waals surface area contributed by atoms with Crippen LogP contribution in [-0.4, -0.2) is 18.2 Å². The van der Waals surface area contributed by atoms with Crippen molar-refractivity contribution < 1.29 is 4.74 Å². The van der Waals surface area contributed by atoms with Crippen LogP contribution in [0.25, 0.3) is 10.9 Å². The average Bonchev–Trinajstić information content (AvgIpc) is 3.04. The molecule has 1 heterocycles. The highest BCUT2D eigenvalue weighted by Gasteiger charge is 2.36. The highest BCUT2D eigenvalue weighted by molar-refractivity contribution is 5.83. The maximum atomic E-state index is 6.11. The number of aryl methyl sites for hydroxylation is 1. The first kappa shape index (κ1) is 12.5. The molecule has 0 bridgehead atoms.